The lowest BCUT2D eigenvalue weighted by atomic mass is 10.1. The van der Waals surface area contributed by atoms with Crippen molar-refractivity contribution in [2.24, 2.45) is 0 Å². The summed E-state index contributed by atoms with van der Waals surface area (Å²) in [7, 11) is 0. The molecule has 1 aromatic carbocycles. The molecule has 18 heavy (non-hydrogen) atoms. The fourth-order valence-electron chi connectivity index (χ4n) is 1.27. The van der Waals surface area contributed by atoms with E-state index in [1.807, 2.05) is 0 Å². The van der Waals surface area contributed by atoms with E-state index in [0.717, 1.165) is 0 Å². The molecule has 1 rings (SSSR count). The first kappa shape index (κ1) is 14.7. The first-order valence-electron chi connectivity index (χ1n) is 5.51. The van der Waals surface area contributed by atoms with Crippen molar-refractivity contribution >= 4 is 33.5 Å². The number of hydrogen-bond donors (Lipinski definition) is 1. The molecule has 98 valence electrons. The highest BCUT2D eigenvalue weighted by molar-refractivity contribution is 9.09. The number of Topliss-reactive ketones (excluding diaryl/α,β-unsaturated/α-hetero) is 1. The summed E-state index contributed by atoms with van der Waals surface area (Å²) in [5, 5.41) is 2.84. The third kappa shape index (κ3) is 4.87. The summed E-state index contributed by atoms with van der Waals surface area (Å²) in [5.41, 5.74) is 0.532. The molecule has 0 radical (unpaired) electrons. The van der Waals surface area contributed by atoms with Crippen LogP contribution < -0.4 is 5.32 Å². The molecule has 0 unspecified atom stereocenters. The van der Waals surface area contributed by atoms with Crippen molar-refractivity contribution in [2.75, 3.05) is 10.6 Å². The summed E-state index contributed by atoms with van der Waals surface area (Å²) in [4.78, 5) is 23.0. The number of nitrogens with one attached hydrogen (secondary N) is 1. The van der Waals surface area contributed by atoms with Crippen molar-refractivity contribution in [2.45, 2.75) is 26.4 Å². The zero-order valence-electron chi connectivity index (χ0n) is 10.6. The van der Waals surface area contributed by atoms with Crippen LogP contribution in [-0.2, 0) is 4.74 Å². The molecule has 0 aliphatic rings. The number of alkyl halides is 1. The quantitative estimate of drug-likeness (QED) is 0.685. The molecule has 1 amide bonds. The Morgan fingerprint density at radius 2 is 2.00 bits per heavy atom. The Bertz CT molecular complexity index is 452. The molecule has 0 heterocycles. The molecular formula is C13H16BrNO3. The van der Waals surface area contributed by atoms with E-state index in [2.05, 4.69) is 21.2 Å². The molecule has 0 aromatic heterocycles. The van der Waals surface area contributed by atoms with Gasteiger partial charge < -0.3 is 4.74 Å². The number of anilines is 1. The highest BCUT2D eigenvalue weighted by Crippen LogP contribution is 2.14. The summed E-state index contributed by atoms with van der Waals surface area (Å²) < 4.78 is 5.12. The van der Waals surface area contributed by atoms with Gasteiger partial charge in [-0.15, -0.1) is 0 Å². The van der Waals surface area contributed by atoms with Crippen LogP contribution in [0.15, 0.2) is 24.3 Å². The SMILES string of the molecule is CC(C)(C)OC(=O)Nc1cccc(C(=O)CBr)c1. The lowest BCUT2D eigenvalue weighted by Gasteiger charge is -2.19. The zero-order valence-corrected chi connectivity index (χ0v) is 12.2. The molecule has 0 spiro atoms. The third-order valence-electron chi connectivity index (χ3n) is 1.95. The highest BCUT2D eigenvalue weighted by atomic mass is 79.9. The van der Waals surface area contributed by atoms with Crippen LogP contribution in [0, 0.1) is 0 Å². The first-order valence-corrected chi connectivity index (χ1v) is 6.63. The number of benzene rings is 1. The van der Waals surface area contributed by atoms with E-state index in [4.69, 9.17) is 4.74 Å². The topological polar surface area (TPSA) is 55.4 Å². The van der Waals surface area contributed by atoms with Gasteiger partial charge in [-0.1, -0.05) is 28.1 Å². The van der Waals surface area contributed by atoms with Crippen molar-refractivity contribution < 1.29 is 14.3 Å². The summed E-state index contributed by atoms with van der Waals surface area (Å²) in [5.74, 6) is -0.0390. The molecule has 0 aliphatic carbocycles. The summed E-state index contributed by atoms with van der Waals surface area (Å²) >= 11 is 3.11. The Labute approximate surface area is 115 Å². The van der Waals surface area contributed by atoms with Crippen LogP contribution in [0.5, 0.6) is 0 Å². The van der Waals surface area contributed by atoms with E-state index in [1.165, 1.54) is 0 Å². The van der Waals surface area contributed by atoms with Gasteiger partial charge in [0, 0.05) is 11.3 Å². The van der Waals surface area contributed by atoms with Crippen molar-refractivity contribution in [3.8, 4) is 0 Å². The number of carbonyl (C=O) groups excluding carboxylic acids is 2. The highest BCUT2D eigenvalue weighted by Gasteiger charge is 2.16. The number of halogens is 1. The molecule has 0 fully saturated rings. The van der Waals surface area contributed by atoms with Gasteiger partial charge in [-0.3, -0.25) is 10.1 Å². The number of ketones is 1. The van der Waals surface area contributed by atoms with Crippen LogP contribution in [0.1, 0.15) is 31.1 Å². The van der Waals surface area contributed by atoms with E-state index in [0.29, 0.717) is 11.3 Å². The second-order valence-corrected chi connectivity index (χ2v) is 5.33. The van der Waals surface area contributed by atoms with Gasteiger partial charge in [0.1, 0.15) is 5.60 Å². The Balaban J connectivity index is 2.74. The normalized spacial score (nSPS) is 10.9. The summed E-state index contributed by atoms with van der Waals surface area (Å²) in [6, 6.07) is 6.73. The minimum atomic E-state index is -0.548. The van der Waals surface area contributed by atoms with Crippen molar-refractivity contribution in [1.29, 1.82) is 0 Å². The van der Waals surface area contributed by atoms with Gasteiger partial charge in [0.05, 0.1) is 5.33 Å². The minimum Gasteiger partial charge on any atom is -0.444 e. The molecule has 0 saturated carbocycles. The van der Waals surface area contributed by atoms with E-state index < -0.39 is 11.7 Å². The van der Waals surface area contributed by atoms with Gasteiger partial charge >= 0.3 is 6.09 Å². The van der Waals surface area contributed by atoms with E-state index in [-0.39, 0.29) is 11.1 Å². The number of carbonyl (C=O) groups is 2. The van der Waals surface area contributed by atoms with Gasteiger partial charge in [0.25, 0.3) is 0 Å². The monoisotopic (exact) mass is 313 g/mol. The van der Waals surface area contributed by atoms with Crippen molar-refractivity contribution in [3.05, 3.63) is 29.8 Å². The van der Waals surface area contributed by atoms with Crippen molar-refractivity contribution in [1.82, 2.24) is 0 Å². The Hall–Kier alpha value is -1.36. The number of ether oxygens (including phenoxy) is 1. The fourth-order valence-corrected chi connectivity index (χ4v) is 1.59. The van der Waals surface area contributed by atoms with Crippen molar-refractivity contribution in [3.63, 3.8) is 0 Å². The number of rotatable bonds is 3. The lowest BCUT2D eigenvalue weighted by Crippen LogP contribution is -2.27. The van der Waals surface area contributed by atoms with Gasteiger partial charge in [0.2, 0.25) is 0 Å². The van der Waals surface area contributed by atoms with Gasteiger partial charge in [-0.05, 0) is 32.9 Å². The zero-order chi connectivity index (χ0) is 13.8. The standard InChI is InChI=1S/C13H16BrNO3/c1-13(2,3)18-12(17)15-10-6-4-5-9(7-10)11(16)8-14/h4-7H,8H2,1-3H3,(H,15,17). The predicted molar refractivity (Wildman–Crippen MR) is 74.4 cm³/mol. The maximum Gasteiger partial charge on any atom is 0.412 e. The first-order chi connectivity index (χ1) is 8.31. The molecule has 0 saturated heterocycles. The largest absolute Gasteiger partial charge is 0.444 e. The van der Waals surface area contributed by atoms with E-state index >= 15 is 0 Å². The maximum atomic E-state index is 11.6. The molecule has 0 aliphatic heterocycles. The number of hydrogen-bond acceptors (Lipinski definition) is 3. The van der Waals surface area contributed by atoms with Gasteiger partial charge in [-0.2, -0.15) is 0 Å². The molecule has 1 aromatic rings. The predicted octanol–water partition coefficient (Wildman–Crippen LogP) is 3.61. The third-order valence-corrected chi connectivity index (χ3v) is 2.46. The van der Waals surface area contributed by atoms with Gasteiger partial charge in [-0.25, -0.2) is 4.79 Å². The molecular weight excluding hydrogens is 298 g/mol. The lowest BCUT2D eigenvalue weighted by molar-refractivity contribution is 0.0635. The molecule has 0 bridgehead atoms. The number of amides is 1. The minimum absolute atomic E-state index is 0.0390. The van der Waals surface area contributed by atoms with E-state index in [9.17, 15) is 9.59 Å². The summed E-state index contributed by atoms with van der Waals surface area (Å²) in [6.45, 7) is 5.37. The summed E-state index contributed by atoms with van der Waals surface area (Å²) in [6.07, 6.45) is -0.536. The molecule has 1 N–H and O–H groups in total. The maximum absolute atomic E-state index is 11.6. The van der Waals surface area contributed by atoms with Gasteiger partial charge in [0.15, 0.2) is 5.78 Å². The van der Waals surface area contributed by atoms with Crippen LogP contribution in [-0.4, -0.2) is 22.8 Å². The van der Waals surface area contributed by atoms with Crippen LogP contribution in [0.4, 0.5) is 10.5 Å². The van der Waals surface area contributed by atoms with Crippen LogP contribution in [0.2, 0.25) is 0 Å². The van der Waals surface area contributed by atoms with Crippen LogP contribution >= 0.6 is 15.9 Å². The molecule has 4 nitrogen and oxygen atoms in total. The Kier molecular flexibility index (Phi) is 4.90. The second kappa shape index (κ2) is 6.00. The average Bonchev–Trinajstić information content (AvgIpc) is 2.25. The van der Waals surface area contributed by atoms with E-state index in [1.54, 1.807) is 45.0 Å². The van der Waals surface area contributed by atoms with Crippen LogP contribution in [0.25, 0.3) is 0 Å². The Morgan fingerprint density at radius 3 is 2.56 bits per heavy atom. The second-order valence-electron chi connectivity index (χ2n) is 4.76. The average molecular weight is 314 g/mol. The Morgan fingerprint density at radius 1 is 1.33 bits per heavy atom. The molecule has 5 heteroatoms. The smallest absolute Gasteiger partial charge is 0.412 e. The van der Waals surface area contributed by atoms with Crippen LogP contribution in [0.3, 0.4) is 0 Å². The molecule has 0 atom stereocenters. The fraction of sp³-hybridized carbons (Fsp3) is 0.385.